The minimum absolute atomic E-state index is 0.0723. The fraction of sp³-hybridized carbons (Fsp3) is 0.150. The Kier molecular flexibility index (Phi) is 4.55. The molecule has 7 heteroatoms. The molecule has 3 aromatic rings. The van der Waals surface area contributed by atoms with E-state index in [-0.39, 0.29) is 40.2 Å². The predicted octanol–water partition coefficient (Wildman–Crippen LogP) is 2.76. The van der Waals surface area contributed by atoms with Gasteiger partial charge in [-0.25, -0.2) is 0 Å². The Morgan fingerprint density at radius 1 is 1.11 bits per heavy atom. The average molecular weight is 370 g/mol. The van der Waals surface area contributed by atoms with E-state index in [0.717, 1.165) is 12.1 Å². The zero-order chi connectivity index (χ0) is 19.9. The van der Waals surface area contributed by atoms with Gasteiger partial charge in [-0.05, 0) is 30.7 Å². The van der Waals surface area contributed by atoms with Gasteiger partial charge in [0.25, 0.3) is 0 Å². The van der Waals surface area contributed by atoms with Crippen molar-refractivity contribution in [1.29, 1.82) is 0 Å². The van der Waals surface area contributed by atoms with Crippen LogP contribution < -0.4 is 5.43 Å². The molecule has 1 aromatic heterocycles. The van der Waals surface area contributed by atoms with E-state index >= 15 is 0 Å². The first-order valence-corrected chi connectivity index (χ1v) is 8.06. The van der Waals surface area contributed by atoms with Crippen molar-refractivity contribution in [1.82, 2.24) is 0 Å². The third-order valence-electron chi connectivity index (χ3n) is 4.26. The van der Waals surface area contributed by atoms with Crippen molar-refractivity contribution < 1.29 is 29.9 Å². The molecule has 0 saturated carbocycles. The van der Waals surface area contributed by atoms with E-state index < -0.39 is 23.0 Å². The van der Waals surface area contributed by atoms with Crippen molar-refractivity contribution in [3.8, 4) is 34.3 Å². The van der Waals surface area contributed by atoms with Crippen LogP contribution in [0.15, 0.2) is 51.7 Å². The lowest BCUT2D eigenvalue weighted by Crippen LogP contribution is -2.11. The maximum absolute atomic E-state index is 12.4. The third-order valence-corrected chi connectivity index (χ3v) is 4.26. The van der Waals surface area contributed by atoms with E-state index in [1.807, 2.05) is 0 Å². The molecule has 0 saturated heterocycles. The zero-order valence-electron chi connectivity index (χ0n) is 14.4. The second-order valence-electron chi connectivity index (χ2n) is 6.36. The summed E-state index contributed by atoms with van der Waals surface area (Å²) in [6.07, 6.45) is -0.799. The summed E-state index contributed by atoms with van der Waals surface area (Å²) in [7, 11) is 0. The number of hydrogen-bond acceptors (Lipinski definition) is 7. The maximum atomic E-state index is 12.4. The number of fused-ring (bicyclic) bond motifs is 1. The Morgan fingerprint density at radius 3 is 2.48 bits per heavy atom. The molecule has 27 heavy (non-hydrogen) atoms. The highest BCUT2D eigenvalue weighted by atomic mass is 16.4. The molecule has 0 spiro atoms. The first kappa shape index (κ1) is 18.3. The number of aromatic hydroxyl groups is 4. The lowest BCUT2D eigenvalue weighted by Gasteiger charge is -2.13. The van der Waals surface area contributed by atoms with Gasteiger partial charge >= 0.3 is 0 Å². The van der Waals surface area contributed by atoms with E-state index in [4.69, 9.17) is 4.42 Å². The molecule has 0 aliphatic rings. The number of hydrogen-bond donors (Lipinski definition) is 5. The van der Waals surface area contributed by atoms with Crippen molar-refractivity contribution in [2.75, 3.05) is 0 Å². The molecule has 1 heterocycles. The van der Waals surface area contributed by atoms with Crippen LogP contribution in [0.4, 0.5) is 0 Å². The Labute approximate surface area is 153 Å². The monoisotopic (exact) mass is 370 g/mol. The molecule has 0 bridgehead atoms. The minimum Gasteiger partial charge on any atom is -0.508 e. The van der Waals surface area contributed by atoms with Crippen molar-refractivity contribution in [2.24, 2.45) is 0 Å². The third kappa shape index (κ3) is 3.32. The quantitative estimate of drug-likeness (QED) is 0.446. The van der Waals surface area contributed by atoms with Crippen LogP contribution in [-0.4, -0.2) is 31.6 Å². The van der Waals surface area contributed by atoms with Crippen LogP contribution in [0.5, 0.6) is 23.0 Å². The summed E-state index contributed by atoms with van der Waals surface area (Å²) in [6, 6.07) is 6.35. The minimum atomic E-state index is -0.878. The lowest BCUT2D eigenvalue weighted by molar-refractivity contribution is 0.210. The molecule has 1 unspecified atom stereocenters. The van der Waals surface area contributed by atoms with Gasteiger partial charge in [-0.2, -0.15) is 0 Å². The van der Waals surface area contributed by atoms with E-state index in [9.17, 15) is 30.3 Å². The van der Waals surface area contributed by atoms with Crippen molar-refractivity contribution >= 4 is 11.0 Å². The van der Waals surface area contributed by atoms with Crippen LogP contribution in [-0.2, 0) is 6.42 Å². The summed E-state index contributed by atoms with van der Waals surface area (Å²) < 4.78 is 5.54. The first-order chi connectivity index (χ1) is 12.7. The molecule has 3 rings (SSSR count). The Hall–Kier alpha value is -3.45. The zero-order valence-corrected chi connectivity index (χ0v) is 14.4. The Bertz CT molecular complexity index is 1110. The summed E-state index contributed by atoms with van der Waals surface area (Å²) in [6.45, 7) is 5.31. The molecular formula is C20H18O7. The molecule has 5 N–H and O–H groups in total. The highest BCUT2D eigenvalue weighted by Crippen LogP contribution is 2.36. The summed E-state index contributed by atoms with van der Waals surface area (Å²) in [5.41, 5.74) is 0.188. The van der Waals surface area contributed by atoms with Crippen LogP contribution in [0.25, 0.3) is 22.3 Å². The molecule has 0 amide bonds. The first-order valence-electron chi connectivity index (χ1n) is 8.06. The van der Waals surface area contributed by atoms with Gasteiger partial charge < -0.3 is 29.9 Å². The van der Waals surface area contributed by atoms with E-state index in [2.05, 4.69) is 6.58 Å². The molecule has 1 atom stereocenters. The van der Waals surface area contributed by atoms with Crippen LogP contribution in [0.1, 0.15) is 12.5 Å². The van der Waals surface area contributed by atoms with Crippen LogP contribution >= 0.6 is 0 Å². The average Bonchev–Trinajstić information content (AvgIpc) is 2.59. The van der Waals surface area contributed by atoms with Gasteiger partial charge in [0, 0.05) is 24.1 Å². The van der Waals surface area contributed by atoms with Gasteiger partial charge in [0.1, 0.15) is 28.2 Å². The van der Waals surface area contributed by atoms with E-state index in [1.165, 1.54) is 18.2 Å². The van der Waals surface area contributed by atoms with Gasteiger partial charge in [0.15, 0.2) is 5.76 Å². The van der Waals surface area contributed by atoms with Crippen molar-refractivity contribution in [3.63, 3.8) is 0 Å². The molecule has 0 aliphatic carbocycles. The molecule has 140 valence electrons. The smallest absolute Gasteiger partial charge is 0.238 e. The van der Waals surface area contributed by atoms with Crippen LogP contribution in [0.2, 0.25) is 0 Å². The standard InChI is InChI=1S/C20H18O7/c1-9(2)14(23)6-11-5-10(3-4-13(11)22)20-19(26)18(25)17-15(24)7-12(21)8-16(17)27-20/h3-5,7-8,14,21-24,26H,1,6H2,2H3. The summed E-state index contributed by atoms with van der Waals surface area (Å²) in [4.78, 5) is 12.4. The fourth-order valence-electron chi connectivity index (χ4n) is 2.74. The highest BCUT2D eigenvalue weighted by molar-refractivity contribution is 5.88. The maximum Gasteiger partial charge on any atom is 0.238 e. The second-order valence-corrected chi connectivity index (χ2v) is 6.36. The van der Waals surface area contributed by atoms with Crippen molar-refractivity contribution in [2.45, 2.75) is 19.4 Å². The number of aliphatic hydroxyl groups excluding tert-OH is 1. The molecule has 7 nitrogen and oxygen atoms in total. The number of phenols is 3. The topological polar surface area (TPSA) is 131 Å². The van der Waals surface area contributed by atoms with E-state index in [0.29, 0.717) is 11.1 Å². The molecule has 0 fully saturated rings. The normalized spacial score (nSPS) is 12.2. The number of rotatable bonds is 4. The number of benzene rings is 2. The summed E-state index contributed by atoms with van der Waals surface area (Å²) >= 11 is 0. The molecule has 0 radical (unpaired) electrons. The van der Waals surface area contributed by atoms with Gasteiger partial charge in [-0.3, -0.25) is 4.79 Å². The second kappa shape index (κ2) is 6.69. The highest BCUT2D eigenvalue weighted by Gasteiger charge is 2.20. The molecule has 0 aliphatic heterocycles. The SMILES string of the molecule is C=C(C)C(O)Cc1cc(-c2oc3cc(O)cc(O)c3c(=O)c2O)ccc1O. The van der Waals surface area contributed by atoms with Crippen molar-refractivity contribution in [3.05, 3.63) is 58.3 Å². The fourth-order valence-corrected chi connectivity index (χ4v) is 2.74. The van der Waals surface area contributed by atoms with Gasteiger partial charge in [-0.1, -0.05) is 12.2 Å². The molecular weight excluding hydrogens is 352 g/mol. The Balaban J connectivity index is 2.19. The van der Waals surface area contributed by atoms with Gasteiger partial charge in [0.05, 0.1) is 6.10 Å². The van der Waals surface area contributed by atoms with E-state index in [1.54, 1.807) is 6.92 Å². The number of phenolic OH excluding ortho intramolecular Hbond substituents is 3. The summed E-state index contributed by atoms with van der Waals surface area (Å²) in [5, 5.41) is 49.5. The van der Waals surface area contributed by atoms with Gasteiger partial charge in [0.2, 0.25) is 11.2 Å². The lowest BCUT2D eigenvalue weighted by atomic mass is 9.99. The Morgan fingerprint density at radius 2 is 1.81 bits per heavy atom. The van der Waals surface area contributed by atoms with Crippen LogP contribution in [0, 0.1) is 0 Å². The predicted molar refractivity (Wildman–Crippen MR) is 99.1 cm³/mol. The number of aliphatic hydroxyl groups is 1. The van der Waals surface area contributed by atoms with Gasteiger partial charge in [-0.15, -0.1) is 0 Å². The molecule has 2 aromatic carbocycles. The largest absolute Gasteiger partial charge is 0.508 e. The van der Waals surface area contributed by atoms with Crippen LogP contribution in [0.3, 0.4) is 0 Å². The summed E-state index contributed by atoms with van der Waals surface area (Å²) in [5.74, 6) is -1.81.